The van der Waals surface area contributed by atoms with Crippen molar-refractivity contribution in [3.63, 3.8) is 0 Å². The van der Waals surface area contributed by atoms with E-state index in [2.05, 4.69) is 17.0 Å². The molecule has 0 saturated heterocycles. The van der Waals surface area contributed by atoms with Gasteiger partial charge in [-0.25, -0.2) is 13.1 Å². The number of benzene rings is 1. The van der Waals surface area contributed by atoms with Gasteiger partial charge in [0, 0.05) is 19.5 Å². The number of carbonyl (C=O) groups is 1. The topological polar surface area (TPSA) is 75.3 Å². The maximum atomic E-state index is 12.7. The van der Waals surface area contributed by atoms with Gasteiger partial charge in [0.05, 0.1) is 4.90 Å². The van der Waals surface area contributed by atoms with Crippen molar-refractivity contribution in [2.24, 2.45) is 0 Å². The molecule has 6 heteroatoms. The average Bonchev–Trinajstić information content (AvgIpc) is 2.51. The van der Waals surface area contributed by atoms with Crippen LogP contribution < -0.4 is 10.0 Å². The van der Waals surface area contributed by atoms with Crippen molar-refractivity contribution in [2.45, 2.75) is 65.7 Å². The van der Waals surface area contributed by atoms with E-state index in [0.717, 1.165) is 40.7 Å². The zero-order valence-corrected chi connectivity index (χ0v) is 16.5. The van der Waals surface area contributed by atoms with Crippen molar-refractivity contribution >= 4 is 15.9 Å². The van der Waals surface area contributed by atoms with Crippen molar-refractivity contribution in [2.75, 3.05) is 13.1 Å². The third-order valence-electron chi connectivity index (χ3n) is 4.70. The Morgan fingerprint density at radius 1 is 0.875 bits per heavy atom. The van der Waals surface area contributed by atoms with Crippen molar-refractivity contribution < 1.29 is 13.2 Å². The Bertz CT molecular complexity index is 680. The Balaban J connectivity index is 2.86. The summed E-state index contributed by atoms with van der Waals surface area (Å²) in [5.41, 5.74) is 4.66. The lowest BCUT2D eigenvalue weighted by Gasteiger charge is -2.19. The fourth-order valence-corrected chi connectivity index (χ4v) is 4.36. The highest BCUT2D eigenvalue weighted by Gasteiger charge is 2.23. The van der Waals surface area contributed by atoms with E-state index in [-0.39, 0.29) is 18.9 Å². The Hall–Kier alpha value is -1.40. The maximum Gasteiger partial charge on any atom is 0.241 e. The predicted octanol–water partition coefficient (Wildman–Crippen LogP) is 2.81. The molecule has 136 valence electrons. The first-order chi connectivity index (χ1) is 11.1. The summed E-state index contributed by atoms with van der Waals surface area (Å²) < 4.78 is 27.9. The molecule has 24 heavy (non-hydrogen) atoms. The van der Waals surface area contributed by atoms with E-state index in [1.54, 1.807) is 0 Å². The molecular weight excluding hydrogens is 324 g/mol. The highest BCUT2D eigenvalue weighted by atomic mass is 32.2. The van der Waals surface area contributed by atoms with Gasteiger partial charge >= 0.3 is 0 Å². The summed E-state index contributed by atoms with van der Waals surface area (Å²) in [6, 6.07) is 0. The van der Waals surface area contributed by atoms with Gasteiger partial charge < -0.3 is 5.32 Å². The molecule has 0 bridgehead atoms. The second-order valence-corrected chi connectivity index (χ2v) is 8.01. The minimum atomic E-state index is -3.63. The normalized spacial score (nSPS) is 11.6. The van der Waals surface area contributed by atoms with Gasteiger partial charge in [-0.1, -0.05) is 13.3 Å². The van der Waals surface area contributed by atoms with Gasteiger partial charge in [-0.15, -0.1) is 0 Å². The van der Waals surface area contributed by atoms with Gasteiger partial charge in [-0.05, 0) is 68.9 Å². The average molecular weight is 355 g/mol. The number of nitrogens with one attached hydrogen (secondary N) is 2. The van der Waals surface area contributed by atoms with Crippen LogP contribution in [0.5, 0.6) is 0 Å². The van der Waals surface area contributed by atoms with Crippen molar-refractivity contribution in [3.05, 3.63) is 27.8 Å². The van der Waals surface area contributed by atoms with Crippen LogP contribution >= 0.6 is 0 Å². The van der Waals surface area contributed by atoms with Gasteiger partial charge in [0.2, 0.25) is 15.9 Å². The van der Waals surface area contributed by atoms with Gasteiger partial charge in [0.25, 0.3) is 0 Å². The molecule has 1 aromatic carbocycles. The molecule has 0 saturated carbocycles. The van der Waals surface area contributed by atoms with Gasteiger partial charge in [0.15, 0.2) is 0 Å². The third-order valence-corrected chi connectivity index (χ3v) is 6.43. The summed E-state index contributed by atoms with van der Waals surface area (Å²) in [7, 11) is -3.63. The quantitative estimate of drug-likeness (QED) is 0.705. The summed E-state index contributed by atoms with van der Waals surface area (Å²) in [5, 5.41) is 2.78. The lowest BCUT2D eigenvalue weighted by Crippen LogP contribution is -2.32. The highest BCUT2D eigenvalue weighted by molar-refractivity contribution is 7.89. The van der Waals surface area contributed by atoms with Gasteiger partial charge in [-0.2, -0.15) is 0 Å². The number of hydrogen-bond donors (Lipinski definition) is 2. The summed E-state index contributed by atoms with van der Waals surface area (Å²) in [6.07, 6.45) is 2.08. The van der Waals surface area contributed by atoms with Crippen LogP contribution in [0.3, 0.4) is 0 Å². The van der Waals surface area contributed by atoms with Crippen LogP contribution in [0.4, 0.5) is 0 Å². The summed E-state index contributed by atoms with van der Waals surface area (Å²) >= 11 is 0. The molecule has 1 amide bonds. The minimum Gasteiger partial charge on any atom is -0.356 e. The molecule has 0 unspecified atom stereocenters. The molecule has 0 atom stereocenters. The van der Waals surface area contributed by atoms with E-state index < -0.39 is 10.0 Å². The monoisotopic (exact) mass is 354 g/mol. The Morgan fingerprint density at radius 2 is 1.38 bits per heavy atom. The molecule has 0 aliphatic carbocycles. The first kappa shape index (κ1) is 20.6. The molecule has 0 spiro atoms. The van der Waals surface area contributed by atoms with Crippen LogP contribution in [0.1, 0.15) is 54.0 Å². The fraction of sp³-hybridized carbons (Fsp3) is 0.611. The number of carbonyl (C=O) groups excluding carboxylic acids is 1. The van der Waals surface area contributed by atoms with Crippen molar-refractivity contribution in [1.29, 1.82) is 0 Å². The molecule has 0 radical (unpaired) electrons. The van der Waals surface area contributed by atoms with Gasteiger partial charge in [0.1, 0.15) is 0 Å². The van der Waals surface area contributed by atoms with E-state index in [1.165, 1.54) is 0 Å². The molecule has 1 aromatic rings. The summed E-state index contributed by atoms with van der Waals surface area (Å²) in [4.78, 5) is 12.0. The zero-order valence-electron chi connectivity index (χ0n) is 15.7. The molecular formula is C18H30N2O3S. The summed E-state index contributed by atoms with van der Waals surface area (Å²) in [5.74, 6) is -0.129. The van der Waals surface area contributed by atoms with E-state index in [1.807, 2.05) is 34.6 Å². The molecule has 0 aliphatic heterocycles. The van der Waals surface area contributed by atoms with Crippen molar-refractivity contribution in [3.8, 4) is 0 Å². The molecule has 0 aromatic heterocycles. The van der Waals surface area contributed by atoms with Crippen LogP contribution in [-0.4, -0.2) is 27.4 Å². The largest absolute Gasteiger partial charge is 0.356 e. The number of unbranched alkanes of at least 4 members (excludes halogenated alkanes) is 1. The second kappa shape index (κ2) is 8.62. The van der Waals surface area contributed by atoms with Crippen LogP contribution in [0.15, 0.2) is 4.90 Å². The molecule has 2 N–H and O–H groups in total. The molecule has 0 aliphatic rings. The van der Waals surface area contributed by atoms with Crippen LogP contribution in [-0.2, 0) is 14.8 Å². The maximum absolute atomic E-state index is 12.7. The van der Waals surface area contributed by atoms with Crippen LogP contribution in [0, 0.1) is 34.6 Å². The smallest absolute Gasteiger partial charge is 0.241 e. The van der Waals surface area contributed by atoms with E-state index >= 15 is 0 Å². The third kappa shape index (κ3) is 4.80. The molecule has 0 heterocycles. The first-order valence-corrected chi connectivity index (χ1v) is 9.95. The lowest BCUT2D eigenvalue weighted by molar-refractivity contribution is -0.120. The fourth-order valence-electron chi connectivity index (χ4n) is 2.73. The SMILES string of the molecule is CCCCNC(=O)CCNS(=O)(=O)c1c(C)c(C)c(C)c(C)c1C. The Morgan fingerprint density at radius 3 is 1.88 bits per heavy atom. The van der Waals surface area contributed by atoms with Crippen LogP contribution in [0.2, 0.25) is 0 Å². The standard InChI is InChI=1S/C18H30N2O3S/c1-7-8-10-19-17(21)9-11-20-24(22,23)18-15(5)13(3)12(2)14(4)16(18)6/h20H,7-11H2,1-6H3,(H,19,21). The predicted molar refractivity (Wildman–Crippen MR) is 97.9 cm³/mol. The lowest BCUT2D eigenvalue weighted by atomic mass is 9.95. The van der Waals surface area contributed by atoms with Gasteiger partial charge in [-0.3, -0.25) is 4.79 Å². The molecule has 5 nitrogen and oxygen atoms in total. The second-order valence-electron chi connectivity index (χ2n) is 6.31. The van der Waals surface area contributed by atoms with E-state index in [9.17, 15) is 13.2 Å². The van der Waals surface area contributed by atoms with Crippen molar-refractivity contribution in [1.82, 2.24) is 10.0 Å². The van der Waals surface area contributed by atoms with Crippen LogP contribution in [0.25, 0.3) is 0 Å². The highest BCUT2D eigenvalue weighted by Crippen LogP contribution is 2.29. The minimum absolute atomic E-state index is 0.102. The first-order valence-electron chi connectivity index (χ1n) is 8.46. The Kier molecular flexibility index (Phi) is 7.42. The molecule has 0 fully saturated rings. The Labute approximate surface area is 146 Å². The number of hydrogen-bond acceptors (Lipinski definition) is 3. The van der Waals surface area contributed by atoms with E-state index in [0.29, 0.717) is 11.4 Å². The summed E-state index contributed by atoms with van der Waals surface area (Å²) in [6.45, 7) is 12.4. The zero-order chi connectivity index (χ0) is 18.5. The number of amides is 1. The number of sulfonamides is 1. The number of rotatable bonds is 8. The molecule has 1 rings (SSSR count). The van der Waals surface area contributed by atoms with E-state index in [4.69, 9.17) is 0 Å².